The van der Waals surface area contributed by atoms with E-state index in [-0.39, 0.29) is 18.2 Å². The fourth-order valence-corrected chi connectivity index (χ4v) is 4.60. The van der Waals surface area contributed by atoms with Gasteiger partial charge in [0, 0.05) is 32.3 Å². The van der Waals surface area contributed by atoms with Crippen molar-refractivity contribution in [3.05, 3.63) is 11.4 Å². The summed E-state index contributed by atoms with van der Waals surface area (Å²) in [4.78, 5) is 3.35. The van der Waals surface area contributed by atoms with E-state index in [0.717, 1.165) is 0 Å². The van der Waals surface area contributed by atoms with Gasteiger partial charge in [0.2, 0.25) is 6.54 Å². The zero-order chi connectivity index (χ0) is 19.0. The summed E-state index contributed by atoms with van der Waals surface area (Å²) in [5.74, 6) is 0. The van der Waals surface area contributed by atoms with E-state index in [1.165, 1.54) is 0 Å². The summed E-state index contributed by atoms with van der Waals surface area (Å²) in [7, 11) is 7.82. The molecule has 1 heterocycles. The number of rotatable bonds is 11. The third-order valence-electron chi connectivity index (χ3n) is 3.81. The lowest BCUT2D eigenvalue weighted by molar-refractivity contribution is -0.0196. The van der Waals surface area contributed by atoms with Crippen molar-refractivity contribution in [1.29, 1.82) is 0 Å². The van der Waals surface area contributed by atoms with Crippen molar-refractivity contribution in [3.63, 3.8) is 0 Å². The van der Waals surface area contributed by atoms with Gasteiger partial charge in [-0.15, -0.1) is 0 Å². The molecule has 1 aliphatic rings. The van der Waals surface area contributed by atoms with Gasteiger partial charge < -0.3 is 28.1 Å². The smallest absolute Gasteiger partial charge is 0.259 e. The Morgan fingerprint density at radius 3 is 2.32 bits per heavy atom. The van der Waals surface area contributed by atoms with Crippen molar-refractivity contribution >= 4 is 16.4 Å². The molecule has 0 spiro atoms. The maximum atomic E-state index is 6.95. The summed E-state index contributed by atoms with van der Waals surface area (Å²) < 4.78 is 30.9. The Kier molecular flexibility index (Phi) is 10.4. The third-order valence-corrected chi connectivity index (χ3v) is 5.94. The molecule has 0 aromatic rings. The molecule has 0 N–H and O–H groups in total. The highest BCUT2D eigenvalue weighted by Gasteiger charge is 2.46. The van der Waals surface area contributed by atoms with Gasteiger partial charge >= 0.3 is 0 Å². The molecule has 0 bridgehead atoms. The van der Waals surface area contributed by atoms with E-state index >= 15 is 0 Å². The summed E-state index contributed by atoms with van der Waals surface area (Å²) in [6.07, 6.45) is -1.14. The Morgan fingerprint density at radius 1 is 1.20 bits per heavy atom. The van der Waals surface area contributed by atoms with Crippen LogP contribution in [0.1, 0.15) is 27.7 Å². The fourth-order valence-electron chi connectivity index (χ4n) is 2.84. The monoisotopic (exact) mass is 372 g/mol. The van der Waals surface area contributed by atoms with Crippen LogP contribution in [0.3, 0.4) is 0 Å². The van der Waals surface area contributed by atoms with Crippen LogP contribution in [0.5, 0.6) is 0 Å². The van der Waals surface area contributed by atoms with Crippen molar-refractivity contribution in [2.45, 2.75) is 64.1 Å². The highest BCUT2D eigenvalue weighted by molar-refractivity contribution is 7.44. The molecule has 0 aromatic carbocycles. The molecule has 0 saturated carbocycles. The first-order valence-corrected chi connectivity index (χ1v) is 9.64. The van der Waals surface area contributed by atoms with Gasteiger partial charge in [-0.3, -0.25) is 0 Å². The molecule has 1 aliphatic heterocycles. The number of methoxy groups -OCH3 is 2. The van der Waals surface area contributed by atoms with Gasteiger partial charge in [-0.2, -0.15) is 0 Å². The molecule has 0 amide bonds. The Labute approximate surface area is 154 Å². The molecule has 25 heavy (non-hydrogen) atoms. The Balaban J connectivity index is 2.97. The molecule has 0 aromatic heterocycles. The van der Waals surface area contributed by atoms with E-state index in [9.17, 15) is 0 Å². The second-order valence-electron chi connectivity index (χ2n) is 6.39. The summed E-state index contributed by atoms with van der Waals surface area (Å²) in [6.45, 7) is 16.3. The first-order chi connectivity index (χ1) is 11.9. The van der Waals surface area contributed by atoms with Crippen molar-refractivity contribution in [2.75, 3.05) is 34.0 Å². The molecular formula is C16H30BN2O5P. The lowest BCUT2D eigenvalue weighted by Crippen LogP contribution is -2.41. The molecule has 1 fully saturated rings. The van der Waals surface area contributed by atoms with Crippen molar-refractivity contribution in [1.82, 2.24) is 4.67 Å². The largest absolute Gasteiger partial charge is 0.382 e. The van der Waals surface area contributed by atoms with Crippen molar-refractivity contribution in [2.24, 2.45) is 0 Å². The normalized spacial score (nSPS) is 28.0. The molecule has 0 aliphatic carbocycles. The van der Waals surface area contributed by atoms with Crippen LogP contribution in [0.15, 0.2) is 0 Å². The molecule has 5 atom stereocenters. The van der Waals surface area contributed by atoms with Crippen LogP contribution in [0, 0.1) is 6.57 Å². The average molecular weight is 372 g/mol. The van der Waals surface area contributed by atoms with Crippen molar-refractivity contribution < 1.29 is 23.3 Å². The number of hydrogen-bond donors (Lipinski definition) is 0. The highest BCUT2D eigenvalue weighted by Crippen LogP contribution is 2.49. The average Bonchev–Trinajstić information content (AvgIpc) is 2.82. The van der Waals surface area contributed by atoms with E-state index in [1.807, 2.05) is 0 Å². The lowest BCUT2D eigenvalue weighted by Gasteiger charge is -2.38. The van der Waals surface area contributed by atoms with Crippen LogP contribution in [0.4, 0.5) is 0 Å². The molecule has 2 unspecified atom stereocenters. The summed E-state index contributed by atoms with van der Waals surface area (Å²) >= 11 is 0. The van der Waals surface area contributed by atoms with Gasteiger partial charge in [-0.05, 0) is 27.7 Å². The molecule has 2 radical (unpaired) electrons. The van der Waals surface area contributed by atoms with E-state index in [0.29, 0.717) is 19.8 Å². The van der Waals surface area contributed by atoms with Crippen LogP contribution >= 0.6 is 8.53 Å². The molecule has 9 heteroatoms. The zero-order valence-electron chi connectivity index (χ0n) is 16.0. The first kappa shape index (κ1) is 22.8. The Hall–Kier alpha value is -0.255. The van der Waals surface area contributed by atoms with Crippen LogP contribution < -0.4 is 0 Å². The van der Waals surface area contributed by atoms with Crippen LogP contribution in [-0.4, -0.2) is 82.9 Å². The Bertz CT molecular complexity index is 416. The second kappa shape index (κ2) is 11.5. The van der Waals surface area contributed by atoms with Gasteiger partial charge in [0.25, 0.3) is 8.53 Å². The van der Waals surface area contributed by atoms with E-state index in [1.54, 1.807) is 14.2 Å². The minimum atomic E-state index is -1.40. The minimum absolute atomic E-state index is 0.219. The van der Waals surface area contributed by atoms with Gasteiger partial charge in [0.1, 0.15) is 32.8 Å². The SMILES string of the molecule is [B][C@@H]1O[C@H](COC)C(OP(OCC[N+]#[C-])N(C(C)C)C(C)C)[C@@H]1OC. The van der Waals surface area contributed by atoms with Gasteiger partial charge in [0.15, 0.2) is 0 Å². The summed E-state index contributed by atoms with van der Waals surface area (Å²) in [5, 5.41) is 0. The molecule has 142 valence electrons. The topological polar surface area (TPSA) is 53.8 Å². The third kappa shape index (κ3) is 6.44. The number of ether oxygens (including phenoxy) is 3. The molecule has 1 rings (SSSR count). The van der Waals surface area contributed by atoms with E-state index < -0.39 is 26.7 Å². The summed E-state index contributed by atoms with van der Waals surface area (Å²) in [6, 6.07) is -0.143. The zero-order valence-corrected chi connectivity index (χ0v) is 16.9. The summed E-state index contributed by atoms with van der Waals surface area (Å²) in [5.41, 5.74) is 0. The highest BCUT2D eigenvalue weighted by atomic mass is 31.2. The van der Waals surface area contributed by atoms with E-state index in [4.69, 9.17) is 37.7 Å². The maximum absolute atomic E-state index is 6.95. The van der Waals surface area contributed by atoms with Crippen LogP contribution in [0.25, 0.3) is 4.85 Å². The van der Waals surface area contributed by atoms with Crippen LogP contribution in [-0.2, 0) is 23.3 Å². The quantitative estimate of drug-likeness (QED) is 0.240. The first-order valence-electron chi connectivity index (χ1n) is 8.51. The van der Waals surface area contributed by atoms with E-state index in [2.05, 4.69) is 37.2 Å². The molecular weight excluding hydrogens is 342 g/mol. The maximum Gasteiger partial charge on any atom is 0.259 e. The standard InChI is InChI=1S/C16H30BN2O5P/c1-11(2)19(12(3)4)25(22-9-8-18-5)24-14-13(10-20-6)23-16(17)15(14)21-7/h11-16H,8-10H2,1-4,6-7H3/t13-,14?,15+,16-,25?/m1/s1. The van der Waals surface area contributed by atoms with Crippen LogP contribution in [0.2, 0.25) is 0 Å². The fraction of sp³-hybridized carbons (Fsp3) is 0.938. The minimum Gasteiger partial charge on any atom is -0.382 e. The molecule has 1 saturated heterocycles. The predicted molar refractivity (Wildman–Crippen MR) is 98.4 cm³/mol. The number of hydrogen-bond acceptors (Lipinski definition) is 6. The van der Waals surface area contributed by atoms with Crippen molar-refractivity contribution in [3.8, 4) is 0 Å². The number of nitrogens with zero attached hydrogens (tertiary/aromatic N) is 2. The molecule has 7 nitrogen and oxygen atoms in total. The van der Waals surface area contributed by atoms with Gasteiger partial charge in [-0.25, -0.2) is 11.2 Å². The Morgan fingerprint density at radius 2 is 1.84 bits per heavy atom. The lowest BCUT2D eigenvalue weighted by atomic mass is 9.93. The van der Waals surface area contributed by atoms with Gasteiger partial charge in [0.05, 0.1) is 6.61 Å². The predicted octanol–water partition coefficient (Wildman–Crippen LogP) is 2.21. The van der Waals surface area contributed by atoms with Gasteiger partial charge in [-0.1, -0.05) is 0 Å². The second-order valence-corrected chi connectivity index (χ2v) is 7.79.